The van der Waals surface area contributed by atoms with E-state index in [1.165, 1.54) is 11.1 Å². The van der Waals surface area contributed by atoms with Crippen LogP contribution in [0.15, 0.2) is 34.5 Å². The van der Waals surface area contributed by atoms with Crippen LogP contribution in [-0.4, -0.2) is 11.4 Å². The Morgan fingerprint density at radius 2 is 1.45 bits per heavy atom. The molecule has 0 spiro atoms. The standard InChI is InChI=1S/C9H6N2/c1-2-4-7-6(3-1)8-5-9(7)11-10-8/h1-4H,5H2. The molecular formula is C9H6N2. The zero-order chi connectivity index (χ0) is 7.26. The first-order valence-electron chi connectivity index (χ1n) is 3.68. The van der Waals surface area contributed by atoms with Gasteiger partial charge >= 0.3 is 0 Å². The van der Waals surface area contributed by atoms with Crippen molar-refractivity contribution in [3.63, 3.8) is 0 Å². The van der Waals surface area contributed by atoms with Crippen LogP contribution < -0.4 is 0 Å². The van der Waals surface area contributed by atoms with Crippen LogP contribution in [0.25, 0.3) is 0 Å². The monoisotopic (exact) mass is 142 g/mol. The average molecular weight is 142 g/mol. The van der Waals surface area contributed by atoms with E-state index in [2.05, 4.69) is 22.3 Å². The lowest BCUT2D eigenvalue weighted by Crippen LogP contribution is -1.93. The van der Waals surface area contributed by atoms with Crippen molar-refractivity contribution < 1.29 is 0 Å². The van der Waals surface area contributed by atoms with E-state index >= 15 is 0 Å². The van der Waals surface area contributed by atoms with E-state index in [0.717, 1.165) is 17.8 Å². The predicted molar refractivity (Wildman–Crippen MR) is 44.1 cm³/mol. The molecular weight excluding hydrogens is 136 g/mol. The van der Waals surface area contributed by atoms with Crippen LogP contribution in [0.4, 0.5) is 0 Å². The third kappa shape index (κ3) is 0.522. The van der Waals surface area contributed by atoms with Crippen molar-refractivity contribution in [1.82, 2.24) is 0 Å². The van der Waals surface area contributed by atoms with Gasteiger partial charge in [-0.25, -0.2) is 0 Å². The van der Waals surface area contributed by atoms with Crippen molar-refractivity contribution in [2.45, 2.75) is 6.42 Å². The fourth-order valence-corrected chi connectivity index (χ4v) is 1.63. The molecule has 0 aromatic heterocycles. The summed E-state index contributed by atoms with van der Waals surface area (Å²) in [7, 11) is 0. The van der Waals surface area contributed by atoms with Gasteiger partial charge in [0, 0.05) is 17.5 Å². The van der Waals surface area contributed by atoms with Gasteiger partial charge < -0.3 is 0 Å². The second-order valence-electron chi connectivity index (χ2n) is 2.82. The Bertz CT molecular complexity index is 351. The number of fused-ring (bicyclic) bond motifs is 5. The average Bonchev–Trinajstić information content (AvgIpc) is 2.64. The topological polar surface area (TPSA) is 24.7 Å². The first-order valence-corrected chi connectivity index (χ1v) is 3.68. The maximum absolute atomic E-state index is 4.05. The van der Waals surface area contributed by atoms with Gasteiger partial charge in [0.05, 0.1) is 11.4 Å². The van der Waals surface area contributed by atoms with Crippen LogP contribution in [0.2, 0.25) is 0 Å². The smallest absolute Gasteiger partial charge is 0.0769 e. The van der Waals surface area contributed by atoms with E-state index in [1.807, 2.05) is 12.1 Å². The molecule has 1 heterocycles. The Morgan fingerprint density at radius 1 is 0.909 bits per heavy atom. The fourth-order valence-electron chi connectivity index (χ4n) is 1.63. The van der Waals surface area contributed by atoms with Crippen molar-refractivity contribution in [2.75, 3.05) is 0 Å². The quantitative estimate of drug-likeness (QED) is 0.525. The molecule has 1 aliphatic heterocycles. The normalized spacial score (nSPS) is 17.8. The molecule has 0 atom stereocenters. The van der Waals surface area contributed by atoms with Crippen LogP contribution in [0.3, 0.4) is 0 Å². The Hall–Kier alpha value is -1.44. The van der Waals surface area contributed by atoms with Gasteiger partial charge in [-0.05, 0) is 0 Å². The number of hydrogen-bond acceptors (Lipinski definition) is 2. The number of benzene rings is 1. The molecule has 0 saturated heterocycles. The molecule has 0 amide bonds. The summed E-state index contributed by atoms with van der Waals surface area (Å²) in [4.78, 5) is 0. The summed E-state index contributed by atoms with van der Waals surface area (Å²) in [5.41, 5.74) is 4.82. The lowest BCUT2D eigenvalue weighted by Gasteiger charge is -1.99. The molecule has 52 valence electrons. The maximum atomic E-state index is 4.05. The van der Waals surface area contributed by atoms with E-state index in [1.54, 1.807) is 0 Å². The first-order chi connectivity index (χ1) is 5.45. The summed E-state index contributed by atoms with van der Waals surface area (Å²) < 4.78 is 0. The number of rotatable bonds is 0. The largest absolute Gasteiger partial charge is 0.154 e. The van der Waals surface area contributed by atoms with Gasteiger partial charge in [0.25, 0.3) is 0 Å². The molecule has 2 bridgehead atoms. The van der Waals surface area contributed by atoms with Gasteiger partial charge in [-0.2, -0.15) is 10.2 Å². The van der Waals surface area contributed by atoms with Gasteiger partial charge in [-0.3, -0.25) is 0 Å². The van der Waals surface area contributed by atoms with Gasteiger partial charge in [0.15, 0.2) is 0 Å². The minimum absolute atomic E-state index is 0.944. The highest BCUT2D eigenvalue weighted by Gasteiger charge is 2.26. The lowest BCUT2D eigenvalue weighted by molar-refractivity contribution is 1.25. The Kier molecular flexibility index (Phi) is 0.756. The summed E-state index contributed by atoms with van der Waals surface area (Å²) in [6.07, 6.45) is 0.944. The maximum Gasteiger partial charge on any atom is 0.0769 e. The van der Waals surface area contributed by atoms with Crippen LogP contribution >= 0.6 is 0 Å². The molecule has 1 aromatic rings. The Balaban J connectivity index is 2.41. The molecule has 1 aromatic carbocycles. The number of nitrogens with zero attached hydrogens (tertiary/aromatic N) is 2. The zero-order valence-electron chi connectivity index (χ0n) is 5.91. The van der Waals surface area contributed by atoms with Gasteiger partial charge in [0.1, 0.15) is 0 Å². The number of hydrogen-bond donors (Lipinski definition) is 0. The lowest BCUT2D eigenvalue weighted by atomic mass is 10.1. The molecule has 0 fully saturated rings. The highest BCUT2D eigenvalue weighted by molar-refractivity contribution is 6.30. The van der Waals surface area contributed by atoms with Crippen LogP contribution in [0, 0.1) is 0 Å². The summed E-state index contributed by atoms with van der Waals surface area (Å²) in [6, 6.07) is 8.30. The second-order valence-corrected chi connectivity index (χ2v) is 2.82. The fraction of sp³-hybridized carbons (Fsp3) is 0.111. The molecule has 0 saturated carbocycles. The second kappa shape index (κ2) is 1.59. The SMILES string of the molecule is c1ccc2c(c1)C1=NN=C2C1. The van der Waals surface area contributed by atoms with Crippen molar-refractivity contribution >= 4 is 11.4 Å². The molecule has 0 radical (unpaired) electrons. The summed E-state index contributed by atoms with van der Waals surface area (Å²) >= 11 is 0. The molecule has 0 N–H and O–H groups in total. The van der Waals surface area contributed by atoms with Gasteiger partial charge in [-0.15, -0.1) is 0 Å². The summed E-state index contributed by atoms with van der Waals surface area (Å²) in [6.45, 7) is 0. The molecule has 0 unspecified atom stereocenters. The van der Waals surface area contributed by atoms with Crippen LogP contribution in [-0.2, 0) is 0 Å². The Morgan fingerprint density at radius 3 is 2.00 bits per heavy atom. The van der Waals surface area contributed by atoms with Crippen LogP contribution in [0.5, 0.6) is 0 Å². The van der Waals surface area contributed by atoms with Crippen molar-refractivity contribution in [3.8, 4) is 0 Å². The van der Waals surface area contributed by atoms with Gasteiger partial charge in [-0.1, -0.05) is 24.3 Å². The van der Waals surface area contributed by atoms with E-state index < -0.39 is 0 Å². The van der Waals surface area contributed by atoms with E-state index in [9.17, 15) is 0 Å². The third-order valence-electron chi connectivity index (χ3n) is 2.18. The first kappa shape index (κ1) is 5.24. The molecule has 11 heavy (non-hydrogen) atoms. The molecule has 3 rings (SSSR count). The highest BCUT2D eigenvalue weighted by atomic mass is 15.2. The predicted octanol–water partition coefficient (Wildman–Crippen LogP) is 1.60. The van der Waals surface area contributed by atoms with Crippen molar-refractivity contribution in [1.29, 1.82) is 0 Å². The van der Waals surface area contributed by atoms with E-state index in [4.69, 9.17) is 0 Å². The minimum atomic E-state index is 0.944. The zero-order valence-corrected chi connectivity index (χ0v) is 5.91. The van der Waals surface area contributed by atoms with Crippen molar-refractivity contribution in [2.24, 2.45) is 10.2 Å². The molecule has 2 nitrogen and oxygen atoms in total. The molecule has 2 heteroatoms. The molecule has 2 aliphatic rings. The van der Waals surface area contributed by atoms with Crippen molar-refractivity contribution in [3.05, 3.63) is 35.4 Å². The summed E-state index contributed by atoms with van der Waals surface area (Å²) in [5, 5.41) is 8.10. The van der Waals surface area contributed by atoms with E-state index in [0.29, 0.717) is 0 Å². The minimum Gasteiger partial charge on any atom is -0.154 e. The Labute approximate surface area is 64.3 Å². The van der Waals surface area contributed by atoms with E-state index in [-0.39, 0.29) is 0 Å². The third-order valence-corrected chi connectivity index (χ3v) is 2.18. The molecule has 1 aliphatic carbocycles. The van der Waals surface area contributed by atoms with Gasteiger partial charge in [0.2, 0.25) is 0 Å². The highest BCUT2D eigenvalue weighted by Crippen LogP contribution is 2.27. The van der Waals surface area contributed by atoms with Crippen LogP contribution in [0.1, 0.15) is 17.5 Å². The summed E-state index contributed by atoms with van der Waals surface area (Å²) in [5.74, 6) is 0.